The molecule has 0 radical (unpaired) electrons. The number of nitrogens with one attached hydrogen (secondary N) is 2. The van der Waals surface area contributed by atoms with E-state index in [2.05, 4.69) is 15.6 Å². The fraction of sp³-hybridized carbons (Fsp3) is 0.333. The zero-order valence-electron chi connectivity index (χ0n) is 13.9. The van der Waals surface area contributed by atoms with Crippen LogP contribution in [-0.4, -0.2) is 42.1 Å². The summed E-state index contributed by atoms with van der Waals surface area (Å²) in [7, 11) is 1.77. The summed E-state index contributed by atoms with van der Waals surface area (Å²) in [6.07, 6.45) is 3.32. The second-order valence-electron chi connectivity index (χ2n) is 6.11. The molecule has 1 aliphatic heterocycles. The molecule has 3 rings (SSSR count). The number of carbonyl (C=O) groups excluding carboxylic acids is 1. The minimum atomic E-state index is -0.643. The van der Waals surface area contributed by atoms with Gasteiger partial charge in [0.2, 0.25) is 0 Å². The van der Waals surface area contributed by atoms with Crippen LogP contribution < -0.4 is 10.6 Å². The first kappa shape index (κ1) is 17.3. The molecular formula is C18H20F2N4O. The first-order valence-corrected chi connectivity index (χ1v) is 8.20. The molecule has 25 heavy (non-hydrogen) atoms. The van der Waals surface area contributed by atoms with Crippen LogP contribution >= 0.6 is 0 Å². The Balaban J connectivity index is 1.66. The second-order valence-corrected chi connectivity index (χ2v) is 6.11. The van der Waals surface area contributed by atoms with Gasteiger partial charge in [-0.25, -0.2) is 18.6 Å². The molecule has 0 unspecified atom stereocenters. The van der Waals surface area contributed by atoms with Crippen molar-refractivity contribution in [2.24, 2.45) is 0 Å². The number of urea groups is 1. The molecule has 1 saturated heterocycles. The van der Waals surface area contributed by atoms with E-state index in [1.165, 1.54) is 18.3 Å². The molecule has 7 heteroatoms. The quantitative estimate of drug-likeness (QED) is 0.897. The fourth-order valence-electron chi connectivity index (χ4n) is 2.92. The smallest absolute Gasteiger partial charge is 0.323 e. The van der Waals surface area contributed by atoms with E-state index < -0.39 is 11.6 Å². The van der Waals surface area contributed by atoms with E-state index in [-0.39, 0.29) is 12.1 Å². The molecule has 1 aromatic carbocycles. The number of amides is 2. The van der Waals surface area contributed by atoms with E-state index in [4.69, 9.17) is 0 Å². The van der Waals surface area contributed by atoms with Gasteiger partial charge in [-0.15, -0.1) is 0 Å². The van der Waals surface area contributed by atoms with Crippen LogP contribution in [0.15, 0.2) is 36.5 Å². The van der Waals surface area contributed by atoms with Gasteiger partial charge in [0.25, 0.3) is 0 Å². The van der Waals surface area contributed by atoms with Crippen molar-refractivity contribution in [2.75, 3.05) is 25.5 Å². The van der Waals surface area contributed by atoms with Gasteiger partial charge in [0.05, 0.1) is 0 Å². The standard InChI is InChI=1S/C18H20F2N4O/c1-24(16-4-6-21-7-5-16)18(25)23-17-3-2-12(11-22-17)13-8-14(19)10-15(20)9-13/h2-3,8-11,16,21H,4-7H2,1H3,(H,22,23,25). The molecule has 0 spiro atoms. The predicted molar refractivity (Wildman–Crippen MR) is 92.3 cm³/mol. The highest BCUT2D eigenvalue weighted by Crippen LogP contribution is 2.22. The van der Waals surface area contributed by atoms with Crippen molar-refractivity contribution in [1.29, 1.82) is 0 Å². The highest BCUT2D eigenvalue weighted by molar-refractivity contribution is 5.88. The van der Waals surface area contributed by atoms with Gasteiger partial charge in [-0.05, 0) is 55.8 Å². The van der Waals surface area contributed by atoms with Crippen molar-refractivity contribution in [3.63, 3.8) is 0 Å². The molecule has 2 amide bonds. The molecule has 0 aliphatic carbocycles. The molecule has 1 aromatic heterocycles. The lowest BCUT2D eigenvalue weighted by Gasteiger charge is -2.31. The Labute approximate surface area is 145 Å². The number of hydrogen-bond donors (Lipinski definition) is 2. The van der Waals surface area contributed by atoms with Crippen molar-refractivity contribution in [3.8, 4) is 11.1 Å². The van der Waals surface area contributed by atoms with Crippen molar-refractivity contribution >= 4 is 11.8 Å². The van der Waals surface area contributed by atoms with Crippen LogP contribution in [-0.2, 0) is 0 Å². The molecule has 132 valence electrons. The number of rotatable bonds is 3. The van der Waals surface area contributed by atoms with Crippen molar-refractivity contribution in [2.45, 2.75) is 18.9 Å². The van der Waals surface area contributed by atoms with Crippen LogP contribution in [0.1, 0.15) is 12.8 Å². The van der Waals surface area contributed by atoms with Crippen molar-refractivity contribution in [1.82, 2.24) is 15.2 Å². The zero-order chi connectivity index (χ0) is 17.8. The minimum Gasteiger partial charge on any atom is -0.324 e. The lowest BCUT2D eigenvalue weighted by atomic mass is 10.1. The van der Waals surface area contributed by atoms with Crippen LogP contribution in [0.25, 0.3) is 11.1 Å². The van der Waals surface area contributed by atoms with Gasteiger partial charge in [0.1, 0.15) is 17.5 Å². The molecule has 0 bridgehead atoms. The van der Waals surface area contributed by atoms with E-state index in [0.717, 1.165) is 32.0 Å². The van der Waals surface area contributed by atoms with E-state index in [1.807, 2.05) is 0 Å². The van der Waals surface area contributed by atoms with E-state index in [9.17, 15) is 13.6 Å². The first-order chi connectivity index (χ1) is 12.0. The second kappa shape index (κ2) is 7.57. The third kappa shape index (κ3) is 4.30. The van der Waals surface area contributed by atoms with Gasteiger partial charge in [-0.3, -0.25) is 5.32 Å². The minimum absolute atomic E-state index is 0.204. The Morgan fingerprint density at radius 2 is 1.84 bits per heavy atom. The van der Waals surface area contributed by atoms with Crippen molar-refractivity contribution < 1.29 is 13.6 Å². The number of anilines is 1. The summed E-state index contributed by atoms with van der Waals surface area (Å²) < 4.78 is 26.6. The monoisotopic (exact) mass is 346 g/mol. The summed E-state index contributed by atoms with van der Waals surface area (Å²) >= 11 is 0. The van der Waals surface area contributed by atoms with E-state index in [0.29, 0.717) is 16.9 Å². The number of nitrogens with zero attached hydrogens (tertiary/aromatic N) is 2. The predicted octanol–water partition coefficient (Wildman–Crippen LogP) is 3.24. The SMILES string of the molecule is CN(C(=O)Nc1ccc(-c2cc(F)cc(F)c2)cn1)C1CCNCC1. The van der Waals surface area contributed by atoms with Crippen LogP contribution in [0.2, 0.25) is 0 Å². The van der Waals surface area contributed by atoms with E-state index >= 15 is 0 Å². The number of aromatic nitrogens is 1. The maximum atomic E-state index is 13.3. The number of hydrogen-bond acceptors (Lipinski definition) is 3. The summed E-state index contributed by atoms with van der Waals surface area (Å²) in [6.45, 7) is 1.80. The average molecular weight is 346 g/mol. The Morgan fingerprint density at radius 1 is 1.16 bits per heavy atom. The molecule has 5 nitrogen and oxygen atoms in total. The summed E-state index contributed by atoms with van der Waals surface area (Å²) in [5.74, 6) is -0.890. The van der Waals surface area contributed by atoms with Gasteiger partial charge in [0, 0.05) is 30.9 Å². The average Bonchev–Trinajstić information content (AvgIpc) is 2.61. The molecular weight excluding hydrogens is 326 g/mol. The molecule has 0 atom stereocenters. The van der Waals surface area contributed by atoms with Gasteiger partial charge in [-0.2, -0.15) is 0 Å². The lowest BCUT2D eigenvalue weighted by Crippen LogP contribution is -2.45. The Hall–Kier alpha value is -2.54. The van der Waals surface area contributed by atoms with E-state index in [1.54, 1.807) is 24.1 Å². The Kier molecular flexibility index (Phi) is 5.23. The molecule has 1 fully saturated rings. The van der Waals surface area contributed by atoms with Crippen molar-refractivity contribution in [3.05, 3.63) is 48.2 Å². The molecule has 0 saturated carbocycles. The highest BCUT2D eigenvalue weighted by atomic mass is 19.1. The summed E-state index contributed by atoms with van der Waals surface area (Å²) in [5, 5.41) is 6.01. The number of carbonyl (C=O) groups is 1. The highest BCUT2D eigenvalue weighted by Gasteiger charge is 2.22. The molecule has 2 N–H and O–H groups in total. The topological polar surface area (TPSA) is 57.3 Å². The fourth-order valence-corrected chi connectivity index (χ4v) is 2.92. The van der Waals surface area contributed by atoms with Gasteiger partial charge >= 0.3 is 6.03 Å². The van der Waals surface area contributed by atoms with Crippen LogP contribution in [0, 0.1) is 11.6 Å². The Morgan fingerprint density at radius 3 is 2.44 bits per heavy atom. The first-order valence-electron chi connectivity index (χ1n) is 8.20. The molecule has 2 aromatic rings. The summed E-state index contributed by atoms with van der Waals surface area (Å²) in [6, 6.07) is 6.57. The molecule has 2 heterocycles. The van der Waals surface area contributed by atoms with Crippen LogP contribution in [0.5, 0.6) is 0 Å². The summed E-state index contributed by atoms with van der Waals surface area (Å²) in [4.78, 5) is 18.2. The maximum Gasteiger partial charge on any atom is 0.323 e. The largest absolute Gasteiger partial charge is 0.324 e. The summed E-state index contributed by atoms with van der Waals surface area (Å²) in [5.41, 5.74) is 0.970. The Bertz CT molecular complexity index is 725. The van der Waals surface area contributed by atoms with Gasteiger partial charge < -0.3 is 10.2 Å². The number of pyridine rings is 1. The maximum absolute atomic E-state index is 13.3. The number of piperidine rings is 1. The van der Waals surface area contributed by atoms with Crippen LogP contribution in [0.4, 0.5) is 19.4 Å². The third-order valence-electron chi connectivity index (χ3n) is 4.37. The van der Waals surface area contributed by atoms with Gasteiger partial charge in [0.15, 0.2) is 0 Å². The van der Waals surface area contributed by atoms with Gasteiger partial charge in [-0.1, -0.05) is 0 Å². The zero-order valence-corrected chi connectivity index (χ0v) is 13.9. The lowest BCUT2D eigenvalue weighted by molar-refractivity contribution is 0.189. The third-order valence-corrected chi connectivity index (χ3v) is 4.37. The molecule has 1 aliphatic rings. The van der Waals surface area contributed by atoms with Crippen LogP contribution in [0.3, 0.4) is 0 Å². The normalized spacial score (nSPS) is 15.0. The number of benzene rings is 1. The number of halogens is 2.